The zero-order valence-electron chi connectivity index (χ0n) is 15.7. The zero-order valence-corrected chi connectivity index (χ0v) is 16.4. The predicted molar refractivity (Wildman–Crippen MR) is 108 cm³/mol. The lowest BCUT2D eigenvalue weighted by Gasteiger charge is -2.09. The highest BCUT2D eigenvalue weighted by Crippen LogP contribution is 2.23. The third kappa shape index (κ3) is 4.04. The number of halogens is 1. The van der Waals surface area contributed by atoms with Crippen LogP contribution in [0.25, 0.3) is 5.69 Å². The highest BCUT2D eigenvalue weighted by molar-refractivity contribution is 6.30. The Bertz CT molecular complexity index is 1060. The maximum atomic E-state index is 12.6. The Hall–Kier alpha value is -3.19. The lowest BCUT2D eigenvalue weighted by molar-refractivity contribution is -0.384. The number of anilines is 1. The SMILES string of the molecule is Cc1ccc([N+](=O)[O-])cc1NC(=O)Cc1c(C)nn(-c2ccc(Cl)cc2)c1C. The molecule has 2 aromatic carbocycles. The van der Waals surface area contributed by atoms with Crippen molar-refractivity contribution in [3.05, 3.63) is 80.1 Å². The number of nitro benzene ring substituents is 1. The zero-order chi connectivity index (χ0) is 20.4. The van der Waals surface area contributed by atoms with Gasteiger partial charge in [0.15, 0.2) is 0 Å². The number of benzene rings is 2. The number of amides is 1. The van der Waals surface area contributed by atoms with E-state index in [9.17, 15) is 14.9 Å². The average Bonchev–Trinajstić information content (AvgIpc) is 2.92. The first-order valence-corrected chi connectivity index (χ1v) is 9.00. The van der Waals surface area contributed by atoms with E-state index in [1.165, 1.54) is 12.1 Å². The maximum absolute atomic E-state index is 12.6. The van der Waals surface area contributed by atoms with Gasteiger partial charge >= 0.3 is 0 Å². The van der Waals surface area contributed by atoms with Crippen molar-refractivity contribution < 1.29 is 9.72 Å². The largest absolute Gasteiger partial charge is 0.325 e. The molecule has 0 aliphatic rings. The standard InChI is InChI=1S/C20H19ClN4O3/c1-12-4-7-17(25(27)28)10-19(12)22-20(26)11-18-13(2)23-24(14(18)3)16-8-5-15(21)6-9-16/h4-10H,11H2,1-3H3,(H,22,26). The van der Waals surface area contributed by atoms with E-state index in [0.717, 1.165) is 28.2 Å². The molecule has 7 nitrogen and oxygen atoms in total. The first kappa shape index (κ1) is 19.6. The van der Waals surface area contributed by atoms with Gasteiger partial charge in [0.25, 0.3) is 5.69 Å². The Morgan fingerprint density at radius 3 is 2.50 bits per heavy atom. The van der Waals surface area contributed by atoms with Crippen LogP contribution >= 0.6 is 11.6 Å². The van der Waals surface area contributed by atoms with Crippen molar-refractivity contribution in [3.63, 3.8) is 0 Å². The molecule has 0 bridgehead atoms. The van der Waals surface area contributed by atoms with Crippen LogP contribution in [0, 0.1) is 30.9 Å². The molecule has 3 rings (SSSR count). The quantitative estimate of drug-likeness (QED) is 0.504. The van der Waals surface area contributed by atoms with E-state index in [-0.39, 0.29) is 18.0 Å². The van der Waals surface area contributed by atoms with Crippen LogP contribution in [0.5, 0.6) is 0 Å². The van der Waals surface area contributed by atoms with Crippen molar-refractivity contribution in [2.45, 2.75) is 27.2 Å². The van der Waals surface area contributed by atoms with Gasteiger partial charge in [-0.25, -0.2) is 4.68 Å². The second kappa shape index (κ2) is 7.82. The van der Waals surface area contributed by atoms with E-state index in [1.807, 2.05) is 26.0 Å². The van der Waals surface area contributed by atoms with Crippen LogP contribution in [0.4, 0.5) is 11.4 Å². The van der Waals surface area contributed by atoms with Gasteiger partial charge in [-0.15, -0.1) is 0 Å². The molecule has 0 aliphatic carbocycles. The summed E-state index contributed by atoms with van der Waals surface area (Å²) in [6.07, 6.45) is 0.118. The van der Waals surface area contributed by atoms with Crippen molar-refractivity contribution in [1.29, 1.82) is 0 Å². The Morgan fingerprint density at radius 1 is 1.18 bits per heavy atom. The second-order valence-corrected chi connectivity index (χ2v) is 6.96. The van der Waals surface area contributed by atoms with Gasteiger partial charge in [0.2, 0.25) is 5.91 Å². The Balaban J connectivity index is 1.82. The van der Waals surface area contributed by atoms with Gasteiger partial charge in [0.1, 0.15) is 0 Å². The Morgan fingerprint density at radius 2 is 1.86 bits per heavy atom. The van der Waals surface area contributed by atoms with Gasteiger partial charge in [-0.1, -0.05) is 17.7 Å². The second-order valence-electron chi connectivity index (χ2n) is 6.52. The summed E-state index contributed by atoms with van der Waals surface area (Å²) in [7, 11) is 0. The fourth-order valence-electron chi connectivity index (χ4n) is 2.98. The van der Waals surface area contributed by atoms with Crippen LogP contribution in [0.2, 0.25) is 5.02 Å². The molecule has 0 saturated carbocycles. The summed E-state index contributed by atoms with van der Waals surface area (Å²) in [4.78, 5) is 23.1. The Labute approximate surface area is 167 Å². The number of carbonyl (C=O) groups excluding carboxylic acids is 1. The number of rotatable bonds is 5. The average molecular weight is 399 g/mol. The van der Waals surface area contributed by atoms with E-state index >= 15 is 0 Å². The van der Waals surface area contributed by atoms with Gasteiger partial charge < -0.3 is 5.32 Å². The molecule has 3 aromatic rings. The van der Waals surface area contributed by atoms with E-state index in [1.54, 1.807) is 29.8 Å². The van der Waals surface area contributed by atoms with Crippen LogP contribution in [-0.4, -0.2) is 20.6 Å². The third-order valence-corrected chi connectivity index (χ3v) is 4.81. The minimum Gasteiger partial charge on any atom is -0.325 e. The summed E-state index contributed by atoms with van der Waals surface area (Å²) >= 11 is 5.94. The van der Waals surface area contributed by atoms with Crippen LogP contribution in [0.15, 0.2) is 42.5 Å². The fraction of sp³-hybridized carbons (Fsp3) is 0.200. The molecule has 1 amide bonds. The minimum atomic E-state index is -0.487. The molecule has 1 aromatic heterocycles. The van der Waals surface area contributed by atoms with Crippen molar-refractivity contribution in [1.82, 2.24) is 9.78 Å². The number of nitrogens with one attached hydrogen (secondary N) is 1. The highest BCUT2D eigenvalue weighted by Gasteiger charge is 2.17. The van der Waals surface area contributed by atoms with Gasteiger partial charge in [-0.3, -0.25) is 14.9 Å². The summed E-state index contributed by atoms with van der Waals surface area (Å²) in [6.45, 7) is 5.53. The van der Waals surface area contributed by atoms with E-state index in [0.29, 0.717) is 10.7 Å². The van der Waals surface area contributed by atoms with Crippen LogP contribution in [0.1, 0.15) is 22.5 Å². The van der Waals surface area contributed by atoms with Crippen LogP contribution in [-0.2, 0) is 11.2 Å². The monoisotopic (exact) mass is 398 g/mol. The maximum Gasteiger partial charge on any atom is 0.271 e. The number of non-ortho nitro benzene ring substituents is 1. The van der Waals surface area contributed by atoms with Gasteiger partial charge in [0.05, 0.1) is 28.4 Å². The van der Waals surface area contributed by atoms with Crippen molar-refractivity contribution in [2.75, 3.05) is 5.32 Å². The fourth-order valence-corrected chi connectivity index (χ4v) is 3.10. The number of hydrogen-bond donors (Lipinski definition) is 1. The molecule has 0 atom stereocenters. The molecule has 0 unspecified atom stereocenters. The number of hydrogen-bond acceptors (Lipinski definition) is 4. The first-order valence-electron chi connectivity index (χ1n) is 8.62. The van der Waals surface area contributed by atoms with Gasteiger partial charge in [-0.2, -0.15) is 5.10 Å². The van der Waals surface area contributed by atoms with Crippen molar-refractivity contribution >= 4 is 28.9 Å². The summed E-state index contributed by atoms with van der Waals surface area (Å²) in [5.74, 6) is -0.259. The molecular weight excluding hydrogens is 380 g/mol. The number of nitrogens with zero attached hydrogens (tertiary/aromatic N) is 3. The predicted octanol–water partition coefficient (Wildman–Crippen LogP) is 4.54. The van der Waals surface area contributed by atoms with E-state index in [2.05, 4.69) is 10.4 Å². The molecule has 0 saturated heterocycles. The molecule has 144 valence electrons. The molecule has 8 heteroatoms. The smallest absolute Gasteiger partial charge is 0.271 e. The van der Waals surface area contributed by atoms with Crippen molar-refractivity contribution in [2.24, 2.45) is 0 Å². The molecular formula is C20H19ClN4O3. The third-order valence-electron chi connectivity index (χ3n) is 4.56. The summed E-state index contributed by atoms with van der Waals surface area (Å²) < 4.78 is 1.77. The van der Waals surface area contributed by atoms with E-state index < -0.39 is 4.92 Å². The summed E-state index contributed by atoms with van der Waals surface area (Å²) in [5, 5.41) is 18.9. The topological polar surface area (TPSA) is 90.1 Å². The van der Waals surface area contributed by atoms with Gasteiger partial charge in [0, 0.05) is 28.4 Å². The number of aromatic nitrogens is 2. The molecule has 0 aliphatic heterocycles. The number of aryl methyl sites for hydroxylation is 2. The number of carbonyl (C=O) groups is 1. The molecule has 0 radical (unpaired) electrons. The lowest BCUT2D eigenvalue weighted by Crippen LogP contribution is -2.16. The molecule has 0 spiro atoms. The molecule has 0 fully saturated rings. The van der Waals surface area contributed by atoms with Gasteiger partial charge in [-0.05, 0) is 50.6 Å². The molecule has 28 heavy (non-hydrogen) atoms. The minimum absolute atomic E-state index is 0.0659. The lowest BCUT2D eigenvalue weighted by atomic mass is 10.1. The van der Waals surface area contributed by atoms with Crippen LogP contribution in [0.3, 0.4) is 0 Å². The summed E-state index contributed by atoms with van der Waals surface area (Å²) in [6, 6.07) is 11.7. The molecule has 1 N–H and O–H groups in total. The summed E-state index contributed by atoms with van der Waals surface area (Å²) in [5.41, 5.74) is 4.39. The first-order chi connectivity index (χ1) is 13.3. The Kier molecular flexibility index (Phi) is 5.46. The highest BCUT2D eigenvalue weighted by atomic mass is 35.5. The van der Waals surface area contributed by atoms with Crippen LogP contribution < -0.4 is 5.32 Å². The van der Waals surface area contributed by atoms with E-state index in [4.69, 9.17) is 11.6 Å². The van der Waals surface area contributed by atoms with Crippen molar-refractivity contribution in [3.8, 4) is 5.69 Å². The number of nitro groups is 1. The normalized spacial score (nSPS) is 10.7. The molecule has 1 heterocycles.